The predicted octanol–water partition coefficient (Wildman–Crippen LogP) is 1.40. The Hall–Kier alpha value is -1.55. The van der Waals surface area contributed by atoms with Gasteiger partial charge in [-0.15, -0.1) is 0 Å². The first-order valence-electron chi connectivity index (χ1n) is 12.8. The highest BCUT2D eigenvalue weighted by atomic mass is 16.4. The minimum Gasteiger partial charge on any atom is -0.396 e. The summed E-state index contributed by atoms with van der Waals surface area (Å²) in [5, 5.41) is 57.1. The van der Waals surface area contributed by atoms with Crippen LogP contribution in [0.2, 0.25) is 0 Å². The first-order valence-corrected chi connectivity index (χ1v) is 12.8. The average molecular weight is 481 g/mol. The van der Waals surface area contributed by atoms with Crippen molar-refractivity contribution in [3.63, 3.8) is 0 Å². The maximum Gasteiger partial charge on any atom is 0.220 e. The number of hydrogen-bond acceptors (Lipinski definition) is 7. The Morgan fingerprint density at radius 1 is 0.971 bits per heavy atom. The van der Waals surface area contributed by atoms with Gasteiger partial charge in [0.25, 0.3) is 0 Å². The third-order valence-electron chi connectivity index (χ3n) is 6.86. The lowest BCUT2D eigenvalue weighted by atomic mass is 9.79. The molecular weight excluding hydrogens is 436 g/mol. The van der Waals surface area contributed by atoms with Crippen LogP contribution in [-0.4, -0.2) is 75.0 Å². The molecule has 8 heteroatoms. The summed E-state index contributed by atoms with van der Waals surface area (Å²) in [6, 6.07) is 7.82. The van der Waals surface area contributed by atoms with E-state index in [2.05, 4.69) is 17.6 Å². The van der Waals surface area contributed by atoms with E-state index in [9.17, 15) is 30.3 Å². The molecule has 0 spiro atoms. The van der Waals surface area contributed by atoms with E-state index < -0.39 is 42.4 Å². The Morgan fingerprint density at radius 3 is 2.26 bits per heavy atom. The average Bonchev–Trinajstić information content (AvgIpc) is 2.85. The van der Waals surface area contributed by atoms with E-state index in [0.717, 1.165) is 19.3 Å². The summed E-state index contributed by atoms with van der Waals surface area (Å²) in [6.45, 7) is 2.03. The zero-order valence-corrected chi connectivity index (χ0v) is 20.4. The minimum absolute atomic E-state index is 0.136. The van der Waals surface area contributed by atoms with Crippen molar-refractivity contribution in [3.05, 3.63) is 35.9 Å². The summed E-state index contributed by atoms with van der Waals surface area (Å²) in [4.78, 5) is 12.6. The number of amides is 1. The van der Waals surface area contributed by atoms with Crippen LogP contribution in [0.3, 0.4) is 0 Å². The van der Waals surface area contributed by atoms with E-state index in [4.69, 9.17) is 0 Å². The van der Waals surface area contributed by atoms with Gasteiger partial charge in [0.1, 0.15) is 12.2 Å². The highest BCUT2D eigenvalue weighted by Crippen LogP contribution is 2.26. The monoisotopic (exact) mass is 480 g/mol. The minimum atomic E-state index is -1.38. The molecule has 0 aliphatic heterocycles. The molecule has 1 fully saturated rings. The highest BCUT2D eigenvalue weighted by molar-refractivity contribution is 5.76. The number of benzene rings is 1. The summed E-state index contributed by atoms with van der Waals surface area (Å²) >= 11 is 0. The molecule has 34 heavy (non-hydrogen) atoms. The molecule has 1 amide bonds. The van der Waals surface area contributed by atoms with Crippen molar-refractivity contribution in [2.75, 3.05) is 13.2 Å². The second-order valence-corrected chi connectivity index (χ2v) is 9.57. The van der Waals surface area contributed by atoms with Crippen molar-refractivity contribution in [3.8, 4) is 0 Å². The van der Waals surface area contributed by atoms with Crippen molar-refractivity contribution in [1.29, 1.82) is 0 Å². The first kappa shape index (κ1) is 28.7. The molecule has 7 N–H and O–H groups in total. The fraction of sp³-hybridized carbons (Fsp3) is 0.731. The largest absolute Gasteiger partial charge is 0.396 e. The predicted molar refractivity (Wildman–Crippen MR) is 131 cm³/mol. The summed E-state index contributed by atoms with van der Waals surface area (Å²) in [5.74, 6) is -0.705. The number of carbonyl (C=O) groups is 1. The smallest absolute Gasteiger partial charge is 0.220 e. The molecule has 8 nitrogen and oxygen atoms in total. The summed E-state index contributed by atoms with van der Waals surface area (Å²) in [6.07, 6.45) is 3.66. The van der Waals surface area contributed by atoms with Gasteiger partial charge in [-0.3, -0.25) is 4.79 Å². The van der Waals surface area contributed by atoms with Crippen molar-refractivity contribution in [1.82, 2.24) is 10.6 Å². The third-order valence-corrected chi connectivity index (χ3v) is 6.86. The van der Waals surface area contributed by atoms with Crippen LogP contribution in [0, 0.1) is 5.92 Å². The van der Waals surface area contributed by atoms with Gasteiger partial charge in [0.2, 0.25) is 5.91 Å². The molecule has 0 radical (unpaired) electrons. The fourth-order valence-electron chi connectivity index (χ4n) is 4.63. The van der Waals surface area contributed by atoms with Gasteiger partial charge >= 0.3 is 0 Å². The molecule has 0 bridgehead atoms. The maximum atomic E-state index is 12.6. The van der Waals surface area contributed by atoms with E-state index >= 15 is 0 Å². The molecule has 1 aliphatic carbocycles. The SMILES string of the molecule is CCCCCCCCCC(=O)N[C@H](CNC1CC(CO)C(O)C(O)C1O)[C@H](O)c1ccccc1. The molecule has 1 aromatic carbocycles. The molecule has 7 atom stereocenters. The Balaban J connectivity index is 1.94. The fourth-order valence-corrected chi connectivity index (χ4v) is 4.63. The lowest BCUT2D eigenvalue weighted by Gasteiger charge is -2.41. The normalized spacial score (nSPS) is 26.7. The molecule has 1 aromatic rings. The second-order valence-electron chi connectivity index (χ2n) is 9.57. The maximum absolute atomic E-state index is 12.6. The van der Waals surface area contributed by atoms with Crippen LogP contribution < -0.4 is 10.6 Å². The number of rotatable bonds is 15. The van der Waals surface area contributed by atoms with E-state index in [1.54, 1.807) is 12.1 Å². The number of carbonyl (C=O) groups excluding carboxylic acids is 1. The Bertz CT molecular complexity index is 689. The number of nitrogens with one attached hydrogen (secondary N) is 2. The van der Waals surface area contributed by atoms with Gasteiger partial charge < -0.3 is 36.2 Å². The van der Waals surface area contributed by atoms with Crippen LogP contribution in [0.15, 0.2) is 30.3 Å². The van der Waals surface area contributed by atoms with Gasteiger partial charge in [0, 0.05) is 31.5 Å². The van der Waals surface area contributed by atoms with Crippen LogP contribution in [0.4, 0.5) is 0 Å². The van der Waals surface area contributed by atoms with E-state index in [1.807, 2.05) is 18.2 Å². The van der Waals surface area contributed by atoms with Crippen LogP contribution in [0.25, 0.3) is 0 Å². The first-order chi connectivity index (χ1) is 16.4. The van der Waals surface area contributed by atoms with Gasteiger partial charge in [-0.25, -0.2) is 0 Å². The molecule has 5 unspecified atom stereocenters. The van der Waals surface area contributed by atoms with Gasteiger partial charge in [-0.1, -0.05) is 75.8 Å². The summed E-state index contributed by atoms with van der Waals surface area (Å²) in [5.41, 5.74) is 0.665. The molecule has 1 saturated carbocycles. The highest BCUT2D eigenvalue weighted by Gasteiger charge is 2.42. The third kappa shape index (κ3) is 8.91. The molecule has 0 aromatic heterocycles. The molecule has 0 saturated heterocycles. The Labute approximate surface area is 203 Å². The van der Waals surface area contributed by atoms with Crippen LogP contribution in [0.5, 0.6) is 0 Å². The molecule has 1 aliphatic rings. The van der Waals surface area contributed by atoms with Gasteiger partial charge in [-0.2, -0.15) is 0 Å². The van der Waals surface area contributed by atoms with Crippen molar-refractivity contribution >= 4 is 5.91 Å². The standard InChI is InChI=1S/C26H44N2O6/c1-2-3-4-5-6-7-11-14-22(30)28-21(23(31)18-12-9-8-10-13-18)16-27-20-15-19(17-29)24(32)26(34)25(20)33/h8-10,12-13,19-21,23-27,29,31-34H,2-7,11,14-17H2,1H3,(H,28,30)/t19?,20?,21-,23-,24?,25?,26?/m1/s1. The zero-order valence-electron chi connectivity index (χ0n) is 20.4. The van der Waals surface area contributed by atoms with Crippen LogP contribution in [0.1, 0.15) is 76.4 Å². The van der Waals surface area contributed by atoms with Gasteiger partial charge in [0.05, 0.1) is 18.2 Å². The van der Waals surface area contributed by atoms with Crippen molar-refractivity contribution < 1.29 is 30.3 Å². The van der Waals surface area contributed by atoms with Crippen molar-refractivity contribution in [2.45, 2.75) is 101 Å². The molecule has 0 heterocycles. The molecule has 2 rings (SSSR count). The Morgan fingerprint density at radius 2 is 1.62 bits per heavy atom. The molecule has 194 valence electrons. The van der Waals surface area contributed by atoms with E-state index in [-0.39, 0.29) is 25.5 Å². The van der Waals surface area contributed by atoms with Gasteiger partial charge in [0.15, 0.2) is 0 Å². The van der Waals surface area contributed by atoms with Crippen molar-refractivity contribution in [2.24, 2.45) is 5.92 Å². The quantitative estimate of drug-likeness (QED) is 0.188. The number of hydrogen-bond donors (Lipinski definition) is 7. The van der Waals surface area contributed by atoms with Crippen LogP contribution in [-0.2, 0) is 4.79 Å². The molecular formula is C26H44N2O6. The summed E-state index contributed by atoms with van der Waals surface area (Å²) < 4.78 is 0. The summed E-state index contributed by atoms with van der Waals surface area (Å²) in [7, 11) is 0. The van der Waals surface area contributed by atoms with Crippen LogP contribution >= 0.6 is 0 Å². The number of aliphatic hydroxyl groups excluding tert-OH is 5. The zero-order chi connectivity index (χ0) is 24.9. The lowest BCUT2D eigenvalue weighted by molar-refractivity contribution is -0.131. The van der Waals surface area contributed by atoms with E-state index in [0.29, 0.717) is 12.0 Å². The second kappa shape index (κ2) is 15.4. The van der Waals surface area contributed by atoms with Gasteiger partial charge in [-0.05, 0) is 18.4 Å². The number of aliphatic hydroxyl groups is 5. The Kier molecular flexibility index (Phi) is 13.0. The van der Waals surface area contributed by atoms with E-state index in [1.165, 1.54) is 25.7 Å². The lowest BCUT2D eigenvalue weighted by Crippen LogP contribution is -2.60. The topological polar surface area (TPSA) is 142 Å². The number of unbranched alkanes of at least 4 members (excludes halogenated alkanes) is 6.